The molecular weight excluding hydrogens is 292 g/mol. The summed E-state index contributed by atoms with van der Waals surface area (Å²) in [4.78, 5) is 0. The van der Waals surface area contributed by atoms with Crippen molar-refractivity contribution in [2.75, 3.05) is 0 Å². The molecular formula is C9H14W. The summed E-state index contributed by atoms with van der Waals surface area (Å²) in [6.45, 7) is 7.15. The predicted molar refractivity (Wildman–Crippen MR) is 41.8 cm³/mol. The van der Waals surface area contributed by atoms with Crippen molar-refractivity contribution >= 4 is 0 Å². The smallest absolute Gasteiger partial charge is 0.346 e. The molecule has 0 saturated heterocycles. The van der Waals surface area contributed by atoms with Gasteiger partial charge in [0.2, 0.25) is 0 Å². The number of hydrogen-bond donors (Lipinski definition) is 0. The molecule has 0 unspecified atom stereocenters. The standard InChI is InChI=1S/C7H9.C2H5.W/c1-2-7-5-3-4-6-7;1-2;/h3,5H,2,4H2,1H3;1H2,2H3;/q2*-1;+2. The quantitative estimate of drug-likeness (QED) is 0.654. The van der Waals surface area contributed by atoms with E-state index in [1.807, 2.05) is 0 Å². The first kappa shape index (κ1) is 12.8. The van der Waals surface area contributed by atoms with E-state index in [-0.39, 0.29) is 21.1 Å². The fourth-order valence-corrected chi connectivity index (χ4v) is 0.693. The SMILES string of the molecule is CCC1=[C-]CC=C1.[CH2-]C.[W+2]. The van der Waals surface area contributed by atoms with Crippen LogP contribution in [0.25, 0.3) is 0 Å². The first-order chi connectivity index (χ1) is 4.43. The van der Waals surface area contributed by atoms with Crippen LogP contribution in [0.1, 0.15) is 26.7 Å². The molecule has 0 heterocycles. The van der Waals surface area contributed by atoms with Crippen molar-refractivity contribution in [2.24, 2.45) is 0 Å². The normalized spacial score (nSPS) is 12.9. The van der Waals surface area contributed by atoms with E-state index in [9.17, 15) is 0 Å². The molecule has 0 radical (unpaired) electrons. The first-order valence-corrected chi connectivity index (χ1v) is 3.40. The van der Waals surface area contributed by atoms with Crippen LogP contribution in [0.5, 0.6) is 0 Å². The third-order valence-electron chi connectivity index (χ3n) is 1.15. The monoisotopic (exact) mass is 306 g/mol. The molecule has 1 rings (SSSR count). The fourth-order valence-electron chi connectivity index (χ4n) is 0.693. The third kappa shape index (κ3) is 4.99. The van der Waals surface area contributed by atoms with Gasteiger partial charge in [-0.05, 0) is 0 Å². The van der Waals surface area contributed by atoms with Gasteiger partial charge in [-0.2, -0.15) is 13.0 Å². The Kier molecular flexibility index (Phi) is 11.7. The minimum atomic E-state index is 0. The maximum atomic E-state index is 3.25. The summed E-state index contributed by atoms with van der Waals surface area (Å²) in [5, 5.41) is 0. The largest absolute Gasteiger partial charge is 2.00 e. The van der Waals surface area contributed by atoms with E-state index in [0.717, 1.165) is 12.8 Å². The van der Waals surface area contributed by atoms with Crippen molar-refractivity contribution in [3.63, 3.8) is 0 Å². The molecule has 0 bridgehead atoms. The van der Waals surface area contributed by atoms with Crippen molar-refractivity contribution in [3.05, 3.63) is 30.7 Å². The molecule has 56 valence electrons. The Morgan fingerprint density at radius 3 is 2.40 bits per heavy atom. The van der Waals surface area contributed by atoms with Gasteiger partial charge >= 0.3 is 21.1 Å². The van der Waals surface area contributed by atoms with Crippen LogP contribution in [-0.2, 0) is 21.1 Å². The molecule has 0 saturated carbocycles. The third-order valence-corrected chi connectivity index (χ3v) is 1.15. The zero-order valence-electron chi connectivity index (χ0n) is 6.68. The van der Waals surface area contributed by atoms with Crippen LogP contribution in [0.2, 0.25) is 0 Å². The van der Waals surface area contributed by atoms with Gasteiger partial charge in [0.15, 0.2) is 0 Å². The molecule has 1 aliphatic carbocycles. The maximum absolute atomic E-state index is 3.25. The van der Waals surface area contributed by atoms with Gasteiger partial charge in [-0.3, -0.25) is 6.08 Å². The molecule has 0 aromatic rings. The van der Waals surface area contributed by atoms with Gasteiger partial charge < -0.3 is 6.92 Å². The van der Waals surface area contributed by atoms with E-state index >= 15 is 0 Å². The zero-order chi connectivity index (χ0) is 7.11. The summed E-state index contributed by atoms with van der Waals surface area (Å²) in [5.74, 6) is 0. The van der Waals surface area contributed by atoms with E-state index in [4.69, 9.17) is 0 Å². The average Bonchev–Trinajstić information content (AvgIpc) is 2.43. The second-order valence-corrected chi connectivity index (χ2v) is 1.66. The summed E-state index contributed by atoms with van der Waals surface area (Å²) in [6.07, 6.45) is 9.65. The summed E-state index contributed by atoms with van der Waals surface area (Å²) in [5.41, 5.74) is 1.36. The van der Waals surface area contributed by atoms with Crippen LogP contribution in [0.3, 0.4) is 0 Å². The van der Waals surface area contributed by atoms with Crippen LogP contribution in [0, 0.1) is 13.0 Å². The number of allylic oxidation sites excluding steroid dienone is 4. The van der Waals surface area contributed by atoms with Crippen molar-refractivity contribution in [1.29, 1.82) is 0 Å². The van der Waals surface area contributed by atoms with Gasteiger partial charge in [0.1, 0.15) is 0 Å². The van der Waals surface area contributed by atoms with Gasteiger partial charge in [0.05, 0.1) is 0 Å². The van der Waals surface area contributed by atoms with E-state index in [0.29, 0.717) is 0 Å². The van der Waals surface area contributed by atoms with Crippen molar-refractivity contribution in [2.45, 2.75) is 26.7 Å². The Morgan fingerprint density at radius 2 is 2.20 bits per heavy atom. The number of rotatable bonds is 1. The van der Waals surface area contributed by atoms with Gasteiger partial charge in [-0.1, -0.05) is 13.3 Å². The Labute approximate surface area is 78.7 Å². The fraction of sp³-hybridized carbons (Fsp3) is 0.444. The number of hydrogen-bond acceptors (Lipinski definition) is 0. The average molecular weight is 306 g/mol. The van der Waals surface area contributed by atoms with E-state index < -0.39 is 0 Å². The van der Waals surface area contributed by atoms with Crippen LogP contribution < -0.4 is 0 Å². The zero-order valence-corrected chi connectivity index (χ0v) is 9.62. The van der Waals surface area contributed by atoms with Gasteiger partial charge in [0, 0.05) is 0 Å². The van der Waals surface area contributed by atoms with Crippen molar-refractivity contribution in [1.82, 2.24) is 0 Å². The molecule has 0 aliphatic heterocycles. The predicted octanol–water partition coefficient (Wildman–Crippen LogP) is 2.92. The minimum Gasteiger partial charge on any atom is -0.346 e. The molecule has 0 aromatic heterocycles. The van der Waals surface area contributed by atoms with E-state index in [2.05, 4.69) is 32.1 Å². The molecule has 0 spiro atoms. The van der Waals surface area contributed by atoms with Crippen LogP contribution in [0.15, 0.2) is 17.7 Å². The molecule has 0 fully saturated rings. The van der Waals surface area contributed by atoms with Gasteiger partial charge in [-0.25, -0.2) is 11.6 Å². The summed E-state index contributed by atoms with van der Waals surface area (Å²) in [6, 6.07) is 0. The summed E-state index contributed by atoms with van der Waals surface area (Å²) >= 11 is 0. The Morgan fingerprint density at radius 1 is 1.60 bits per heavy atom. The molecule has 1 heteroatoms. The second kappa shape index (κ2) is 9.17. The van der Waals surface area contributed by atoms with Crippen LogP contribution >= 0.6 is 0 Å². The molecule has 10 heavy (non-hydrogen) atoms. The van der Waals surface area contributed by atoms with Crippen molar-refractivity contribution in [3.8, 4) is 0 Å². The van der Waals surface area contributed by atoms with Crippen LogP contribution in [-0.4, -0.2) is 0 Å². The minimum absolute atomic E-state index is 0. The topological polar surface area (TPSA) is 0 Å². The van der Waals surface area contributed by atoms with Gasteiger partial charge in [-0.15, -0.1) is 6.42 Å². The van der Waals surface area contributed by atoms with E-state index in [1.54, 1.807) is 6.92 Å². The summed E-state index contributed by atoms with van der Waals surface area (Å²) in [7, 11) is 0. The van der Waals surface area contributed by atoms with Crippen molar-refractivity contribution < 1.29 is 21.1 Å². The first-order valence-electron chi connectivity index (χ1n) is 3.40. The molecule has 0 N–H and O–H groups in total. The molecule has 0 atom stereocenters. The van der Waals surface area contributed by atoms with Gasteiger partial charge in [0.25, 0.3) is 0 Å². The molecule has 1 aliphatic rings. The Hall–Kier alpha value is 0.168. The Balaban J connectivity index is 0. The maximum Gasteiger partial charge on any atom is 2.00 e. The molecule has 0 nitrogen and oxygen atoms in total. The molecule has 0 aromatic carbocycles. The Bertz CT molecular complexity index is 112. The molecule has 0 amide bonds. The van der Waals surface area contributed by atoms with E-state index in [1.165, 1.54) is 5.57 Å². The second-order valence-electron chi connectivity index (χ2n) is 1.66. The summed E-state index contributed by atoms with van der Waals surface area (Å²) < 4.78 is 0. The van der Waals surface area contributed by atoms with Crippen LogP contribution in [0.4, 0.5) is 0 Å².